The Morgan fingerprint density at radius 1 is 1.30 bits per heavy atom. The number of nitrogens with zero attached hydrogens (tertiary/aromatic N) is 2. The van der Waals surface area contributed by atoms with Crippen molar-refractivity contribution in [1.82, 2.24) is 14.7 Å². The second-order valence-electron chi connectivity index (χ2n) is 4.80. The molecule has 1 aliphatic rings. The molecule has 0 aliphatic carbocycles. The Morgan fingerprint density at radius 2 is 2.15 bits per heavy atom. The molecule has 0 fully saturated rings. The van der Waals surface area contributed by atoms with Crippen LogP contribution in [0.3, 0.4) is 0 Å². The number of hydrogen-bond acceptors (Lipinski definition) is 3. The van der Waals surface area contributed by atoms with Crippen molar-refractivity contribution in [3.05, 3.63) is 34.3 Å². The molecule has 1 aromatic carbocycles. The van der Waals surface area contributed by atoms with Gasteiger partial charge in [0.05, 0.1) is 11.1 Å². The van der Waals surface area contributed by atoms with Crippen molar-refractivity contribution < 1.29 is 13.2 Å². The number of benzene rings is 1. The lowest BCUT2D eigenvalue weighted by molar-refractivity contribution is -0.136. The Hall–Kier alpha value is -1.60. The van der Waals surface area contributed by atoms with E-state index in [4.69, 9.17) is 0 Å². The van der Waals surface area contributed by atoms with Gasteiger partial charge in [0.15, 0.2) is 4.96 Å². The van der Waals surface area contributed by atoms with Gasteiger partial charge in [0.1, 0.15) is 5.52 Å². The van der Waals surface area contributed by atoms with Crippen molar-refractivity contribution in [3.63, 3.8) is 0 Å². The second-order valence-corrected chi connectivity index (χ2v) is 5.86. The molecule has 2 aromatic heterocycles. The molecule has 7 heteroatoms. The van der Waals surface area contributed by atoms with E-state index in [2.05, 4.69) is 10.3 Å². The number of nitrogens with one attached hydrogen (secondary N) is 1. The predicted octanol–water partition coefficient (Wildman–Crippen LogP) is 3.21. The predicted molar refractivity (Wildman–Crippen MR) is 71.0 cm³/mol. The molecule has 3 nitrogen and oxygen atoms in total. The van der Waals surface area contributed by atoms with Gasteiger partial charge >= 0.3 is 6.18 Å². The Balaban J connectivity index is 2.09. The number of hydrogen-bond donors (Lipinski definition) is 1. The van der Waals surface area contributed by atoms with Gasteiger partial charge in [0.2, 0.25) is 0 Å². The lowest BCUT2D eigenvalue weighted by Gasteiger charge is -2.13. The summed E-state index contributed by atoms with van der Waals surface area (Å²) in [5.41, 5.74) is 1.03. The van der Waals surface area contributed by atoms with E-state index in [1.54, 1.807) is 6.07 Å². The molecule has 3 aromatic rings. The Labute approximate surface area is 116 Å². The molecule has 0 saturated carbocycles. The van der Waals surface area contributed by atoms with Gasteiger partial charge < -0.3 is 5.32 Å². The van der Waals surface area contributed by atoms with Gasteiger partial charge in [-0.3, -0.25) is 4.40 Å². The zero-order valence-electron chi connectivity index (χ0n) is 10.3. The van der Waals surface area contributed by atoms with Gasteiger partial charge in [-0.15, -0.1) is 0 Å². The highest BCUT2D eigenvalue weighted by molar-refractivity contribution is 7.17. The van der Waals surface area contributed by atoms with Crippen LogP contribution in [0.5, 0.6) is 0 Å². The quantitative estimate of drug-likeness (QED) is 0.690. The van der Waals surface area contributed by atoms with Crippen LogP contribution in [0.2, 0.25) is 0 Å². The first-order valence-electron chi connectivity index (χ1n) is 6.25. The summed E-state index contributed by atoms with van der Waals surface area (Å²) >= 11 is 1.47. The maximum absolute atomic E-state index is 13.0. The third-order valence-corrected chi connectivity index (χ3v) is 4.67. The van der Waals surface area contributed by atoms with Gasteiger partial charge in [-0.25, -0.2) is 4.98 Å². The summed E-state index contributed by atoms with van der Waals surface area (Å²) in [4.78, 5) is 6.03. The van der Waals surface area contributed by atoms with Crippen molar-refractivity contribution in [1.29, 1.82) is 0 Å². The smallest absolute Gasteiger partial charge is 0.311 e. The van der Waals surface area contributed by atoms with Crippen LogP contribution in [0, 0.1) is 0 Å². The summed E-state index contributed by atoms with van der Waals surface area (Å²) in [7, 11) is 0. The normalized spacial score (nSPS) is 15.9. The summed E-state index contributed by atoms with van der Waals surface area (Å²) < 4.78 is 41.0. The average molecular weight is 297 g/mol. The van der Waals surface area contributed by atoms with Crippen molar-refractivity contribution in [2.75, 3.05) is 6.54 Å². The zero-order chi connectivity index (χ0) is 13.9. The molecule has 0 amide bonds. The van der Waals surface area contributed by atoms with Gasteiger partial charge in [-0.1, -0.05) is 17.4 Å². The molecule has 1 N–H and O–H groups in total. The van der Waals surface area contributed by atoms with Crippen LogP contribution < -0.4 is 5.32 Å². The molecule has 0 spiro atoms. The van der Waals surface area contributed by atoms with Crippen LogP contribution in [0.25, 0.3) is 16.0 Å². The van der Waals surface area contributed by atoms with E-state index in [9.17, 15) is 13.2 Å². The highest BCUT2D eigenvalue weighted by Crippen LogP contribution is 2.37. The van der Waals surface area contributed by atoms with E-state index < -0.39 is 11.7 Å². The molecule has 0 bridgehead atoms. The molecule has 0 unspecified atom stereocenters. The van der Waals surface area contributed by atoms with E-state index in [-0.39, 0.29) is 5.52 Å². The van der Waals surface area contributed by atoms with E-state index in [1.165, 1.54) is 17.4 Å². The number of halogens is 3. The molecule has 3 heterocycles. The lowest BCUT2D eigenvalue weighted by atomic mass is 10.1. The Kier molecular flexibility index (Phi) is 2.41. The third-order valence-electron chi connectivity index (χ3n) is 3.59. The topological polar surface area (TPSA) is 29.3 Å². The van der Waals surface area contributed by atoms with E-state index in [1.807, 2.05) is 4.40 Å². The summed E-state index contributed by atoms with van der Waals surface area (Å²) in [6.07, 6.45) is -3.55. The average Bonchev–Trinajstić information content (AvgIpc) is 2.91. The molecule has 0 saturated heterocycles. The van der Waals surface area contributed by atoms with Gasteiger partial charge in [-0.2, -0.15) is 13.2 Å². The molecule has 4 rings (SSSR count). The Bertz CT molecular complexity index is 816. The lowest BCUT2D eigenvalue weighted by Crippen LogP contribution is -2.23. The fourth-order valence-corrected chi connectivity index (χ4v) is 3.87. The maximum Gasteiger partial charge on any atom is 0.418 e. The van der Waals surface area contributed by atoms with Crippen LogP contribution in [0.1, 0.15) is 16.1 Å². The number of thiazole rings is 1. The molecule has 0 atom stereocenters. The molecule has 104 valence electrons. The van der Waals surface area contributed by atoms with Gasteiger partial charge in [0, 0.05) is 30.1 Å². The number of aromatic nitrogens is 2. The number of alkyl halides is 3. The van der Waals surface area contributed by atoms with Gasteiger partial charge in [-0.05, 0) is 12.1 Å². The SMILES string of the molecule is FC(F)(F)c1cccc2c1nc1sc3c(n12)CCNC3. The summed E-state index contributed by atoms with van der Waals surface area (Å²) in [6.45, 7) is 1.61. The first-order valence-corrected chi connectivity index (χ1v) is 7.07. The van der Waals surface area contributed by atoms with Crippen LogP contribution >= 0.6 is 11.3 Å². The molecular formula is C13H10F3N3S. The number of fused-ring (bicyclic) bond motifs is 5. The fraction of sp³-hybridized carbons (Fsp3) is 0.308. The van der Waals surface area contributed by atoms with Crippen molar-refractivity contribution in [2.45, 2.75) is 19.1 Å². The van der Waals surface area contributed by atoms with Crippen LogP contribution in [0.15, 0.2) is 18.2 Å². The third kappa shape index (κ3) is 1.59. The van der Waals surface area contributed by atoms with Gasteiger partial charge in [0.25, 0.3) is 0 Å². The highest BCUT2D eigenvalue weighted by Gasteiger charge is 2.34. The number of imidazole rings is 1. The van der Waals surface area contributed by atoms with E-state index >= 15 is 0 Å². The second kappa shape index (κ2) is 3.95. The minimum absolute atomic E-state index is 0.0487. The monoisotopic (exact) mass is 297 g/mol. The minimum atomic E-state index is -4.37. The number of rotatable bonds is 0. The van der Waals surface area contributed by atoms with Crippen molar-refractivity contribution in [3.8, 4) is 0 Å². The largest absolute Gasteiger partial charge is 0.418 e. The first kappa shape index (κ1) is 12.2. The first-order chi connectivity index (χ1) is 9.55. The minimum Gasteiger partial charge on any atom is -0.311 e. The summed E-state index contributed by atoms with van der Waals surface area (Å²) in [5, 5.41) is 3.26. The fourth-order valence-electron chi connectivity index (χ4n) is 2.73. The van der Waals surface area contributed by atoms with Crippen molar-refractivity contribution >= 4 is 27.3 Å². The van der Waals surface area contributed by atoms with E-state index in [0.717, 1.165) is 36.1 Å². The Morgan fingerprint density at radius 3 is 2.95 bits per heavy atom. The summed E-state index contributed by atoms with van der Waals surface area (Å²) in [6, 6.07) is 4.25. The van der Waals surface area contributed by atoms with Crippen molar-refractivity contribution in [2.24, 2.45) is 0 Å². The maximum atomic E-state index is 13.0. The van der Waals surface area contributed by atoms with Crippen LogP contribution in [-0.2, 0) is 19.1 Å². The molecule has 20 heavy (non-hydrogen) atoms. The molecular weight excluding hydrogens is 287 g/mol. The number of para-hydroxylation sites is 1. The standard InChI is InChI=1S/C13H10F3N3S/c14-13(15,16)7-2-1-3-9-11(7)18-12-19(9)8-4-5-17-6-10(8)20-12/h1-3,17H,4-6H2. The molecule has 1 aliphatic heterocycles. The van der Waals surface area contributed by atoms with Crippen LogP contribution in [0.4, 0.5) is 13.2 Å². The highest BCUT2D eigenvalue weighted by atomic mass is 32.1. The summed E-state index contributed by atoms with van der Waals surface area (Å²) in [5.74, 6) is 0. The zero-order valence-corrected chi connectivity index (χ0v) is 11.1. The molecule has 0 radical (unpaired) electrons. The van der Waals surface area contributed by atoms with Crippen LogP contribution in [-0.4, -0.2) is 15.9 Å². The van der Waals surface area contributed by atoms with E-state index in [0.29, 0.717) is 10.5 Å².